The molecule has 0 amide bonds. The molecule has 1 heterocycles. The summed E-state index contributed by atoms with van der Waals surface area (Å²) in [4.78, 5) is 17.4. The van der Waals surface area contributed by atoms with Gasteiger partial charge in [0.15, 0.2) is 0 Å². The Hall–Kier alpha value is -3.80. The SMILES string of the molecule is COC(=O)c1ccc(C2C/C(=N\OCc3ccccc3)c3ccc(OC)cc3O2)cc1. The minimum Gasteiger partial charge on any atom is -0.497 e. The Bertz CT molecular complexity index is 1080. The molecule has 0 N–H and O–H groups in total. The monoisotopic (exact) mass is 417 g/mol. The van der Waals surface area contributed by atoms with Crippen molar-refractivity contribution in [2.24, 2.45) is 5.16 Å². The first-order valence-corrected chi connectivity index (χ1v) is 9.94. The number of rotatable bonds is 6. The van der Waals surface area contributed by atoms with E-state index in [4.69, 9.17) is 19.0 Å². The molecule has 1 aliphatic heterocycles. The Kier molecular flexibility index (Phi) is 6.17. The van der Waals surface area contributed by atoms with Crippen molar-refractivity contribution in [3.63, 3.8) is 0 Å². The average Bonchev–Trinajstić information content (AvgIpc) is 2.83. The first-order chi connectivity index (χ1) is 15.2. The Balaban J connectivity index is 1.60. The van der Waals surface area contributed by atoms with Crippen molar-refractivity contribution >= 4 is 11.7 Å². The predicted molar refractivity (Wildman–Crippen MR) is 117 cm³/mol. The maximum absolute atomic E-state index is 11.7. The van der Waals surface area contributed by atoms with Gasteiger partial charge in [-0.05, 0) is 35.4 Å². The molecule has 1 atom stereocenters. The summed E-state index contributed by atoms with van der Waals surface area (Å²) in [6.07, 6.45) is 0.261. The molecule has 0 spiro atoms. The smallest absolute Gasteiger partial charge is 0.337 e. The number of carbonyl (C=O) groups is 1. The second kappa shape index (κ2) is 9.34. The quantitative estimate of drug-likeness (QED) is 0.420. The fourth-order valence-corrected chi connectivity index (χ4v) is 3.43. The summed E-state index contributed by atoms with van der Waals surface area (Å²) in [6.45, 7) is 0.384. The van der Waals surface area contributed by atoms with Crippen LogP contribution in [-0.4, -0.2) is 25.9 Å². The molecule has 0 saturated carbocycles. The highest BCUT2D eigenvalue weighted by Crippen LogP contribution is 2.37. The number of nitrogens with zero attached hydrogens (tertiary/aromatic N) is 1. The number of oxime groups is 1. The van der Waals surface area contributed by atoms with Gasteiger partial charge in [0.1, 0.15) is 24.2 Å². The average molecular weight is 417 g/mol. The van der Waals surface area contributed by atoms with Crippen LogP contribution in [0.3, 0.4) is 0 Å². The summed E-state index contributed by atoms with van der Waals surface area (Å²) < 4.78 is 16.4. The van der Waals surface area contributed by atoms with Gasteiger partial charge in [-0.2, -0.15) is 0 Å². The van der Waals surface area contributed by atoms with Crippen LogP contribution in [0.2, 0.25) is 0 Å². The zero-order valence-corrected chi connectivity index (χ0v) is 17.4. The lowest BCUT2D eigenvalue weighted by Crippen LogP contribution is -2.21. The van der Waals surface area contributed by atoms with Gasteiger partial charge in [0.25, 0.3) is 0 Å². The maximum Gasteiger partial charge on any atom is 0.337 e. The van der Waals surface area contributed by atoms with Crippen molar-refractivity contribution < 1.29 is 23.8 Å². The number of methoxy groups -OCH3 is 2. The number of carbonyl (C=O) groups excluding carboxylic acids is 1. The Morgan fingerprint density at radius 1 is 1.03 bits per heavy atom. The summed E-state index contributed by atoms with van der Waals surface area (Å²) in [5.74, 6) is 1.00. The second-order valence-electron chi connectivity index (χ2n) is 7.08. The van der Waals surface area contributed by atoms with E-state index in [0.717, 1.165) is 22.4 Å². The molecule has 0 aromatic heterocycles. The summed E-state index contributed by atoms with van der Waals surface area (Å²) in [5, 5.41) is 4.43. The molecule has 0 radical (unpaired) electrons. The third-order valence-corrected chi connectivity index (χ3v) is 5.10. The van der Waals surface area contributed by atoms with Crippen molar-refractivity contribution in [3.05, 3.63) is 95.1 Å². The minimum atomic E-state index is -0.372. The van der Waals surface area contributed by atoms with E-state index in [1.807, 2.05) is 60.7 Å². The standard InChI is InChI=1S/C25H23NO5/c1-28-20-12-13-21-22(26-30-16-17-6-4-3-5-7-17)15-23(31-24(21)14-20)18-8-10-19(11-9-18)25(27)29-2/h3-14,23H,15-16H2,1-2H3/b26-22+. The van der Waals surface area contributed by atoms with E-state index in [9.17, 15) is 4.79 Å². The Morgan fingerprint density at radius 2 is 1.81 bits per heavy atom. The summed E-state index contributed by atoms with van der Waals surface area (Å²) in [5.41, 5.74) is 4.13. The fraction of sp³-hybridized carbons (Fsp3) is 0.200. The van der Waals surface area contributed by atoms with Crippen molar-refractivity contribution in [2.75, 3.05) is 14.2 Å². The summed E-state index contributed by atoms with van der Waals surface area (Å²) in [6, 6.07) is 22.7. The number of hydrogen-bond donors (Lipinski definition) is 0. The lowest BCUT2D eigenvalue weighted by atomic mass is 9.95. The van der Waals surface area contributed by atoms with Gasteiger partial charge in [0, 0.05) is 18.1 Å². The highest BCUT2D eigenvalue weighted by molar-refractivity contribution is 6.04. The Morgan fingerprint density at radius 3 is 2.52 bits per heavy atom. The molecule has 0 aliphatic carbocycles. The first-order valence-electron chi connectivity index (χ1n) is 9.94. The number of benzene rings is 3. The van der Waals surface area contributed by atoms with Crippen LogP contribution in [0.15, 0.2) is 78.0 Å². The van der Waals surface area contributed by atoms with Crippen LogP contribution >= 0.6 is 0 Å². The zero-order chi connectivity index (χ0) is 21.6. The van der Waals surface area contributed by atoms with Crippen molar-refractivity contribution in [2.45, 2.75) is 19.1 Å². The van der Waals surface area contributed by atoms with Crippen LogP contribution in [0, 0.1) is 0 Å². The Labute approximate surface area is 181 Å². The molecular weight excluding hydrogens is 394 g/mol. The minimum absolute atomic E-state index is 0.273. The number of hydrogen-bond acceptors (Lipinski definition) is 6. The molecule has 1 unspecified atom stereocenters. The van der Waals surface area contributed by atoms with Crippen molar-refractivity contribution in [3.8, 4) is 11.5 Å². The number of fused-ring (bicyclic) bond motifs is 1. The topological polar surface area (TPSA) is 66.4 Å². The van der Waals surface area contributed by atoms with Gasteiger partial charge in [0.05, 0.1) is 25.5 Å². The van der Waals surface area contributed by atoms with Gasteiger partial charge < -0.3 is 19.0 Å². The molecule has 3 aromatic carbocycles. The van der Waals surface area contributed by atoms with E-state index in [2.05, 4.69) is 5.16 Å². The van der Waals surface area contributed by atoms with Crippen molar-refractivity contribution in [1.29, 1.82) is 0 Å². The third kappa shape index (κ3) is 4.69. The van der Waals surface area contributed by atoms with E-state index >= 15 is 0 Å². The van der Waals surface area contributed by atoms with E-state index in [-0.39, 0.29) is 12.1 Å². The van der Waals surface area contributed by atoms with Gasteiger partial charge in [-0.3, -0.25) is 0 Å². The van der Waals surface area contributed by atoms with E-state index in [0.29, 0.717) is 30.1 Å². The van der Waals surface area contributed by atoms with Crippen molar-refractivity contribution in [1.82, 2.24) is 0 Å². The zero-order valence-electron chi connectivity index (χ0n) is 17.4. The molecule has 0 bridgehead atoms. The van der Waals surface area contributed by atoms with Crippen LogP contribution in [0.4, 0.5) is 0 Å². The molecular formula is C25H23NO5. The van der Waals surface area contributed by atoms with Crippen LogP contribution < -0.4 is 9.47 Å². The van der Waals surface area contributed by atoms with Gasteiger partial charge in [-0.1, -0.05) is 47.6 Å². The number of esters is 1. The van der Waals surface area contributed by atoms with Gasteiger partial charge in [0.2, 0.25) is 0 Å². The van der Waals surface area contributed by atoms with Gasteiger partial charge in [-0.15, -0.1) is 0 Å². The molecule has 6 nitrogen and oxygen atoms in total. The van der Waals surface area contributed by atoms with E-state index < -0.39 is 0 Å². The maximum atomic E-state index is 11.7. The first kappa shape index (κ1) is 20.5. The molecule has 3 aromatic rings. The van der Waals surface area contributed by atoms with Crippen LogP contribution in [0.5, 0.6) is 11.5 Å². The normalized spacial score (nSPS) is 16.2. The fourth-order valence-electron chi connectivity index (χ4n) is 3.43. The predicted octanol–water partition coefficient (Wildman–Crippen LogP) is 4.93. The largest absolute Gasteiger partial charge is 0.497 e. The third-order valence-electron chi connectivity index (χ3n) is 5.10. The molecule has 0 saturated heterocycles. The molecule has 6 heteroatoms. The summed E-state index contributed by atoms with van der Waals surface area (Å²) >= 11 is 0. The lowest BCUT2D eigenvalue weighted by Gasteiger charge is -2.27. The highest BCUT2D eigenvalue weighted by atomic mass is 16.6. The molecule has 158 valence electrons. The molecule has 4 rings (SSSR count). The molecule has 0 fully saturated rings. The van der Waals surface area contributed by atoms with Gasteiger partial charge >= 0.3 is 5.97 Å². The van der Waals surface area contributed by atoms with Crippen LogP contribution in [0.25, 0.3) is 0 Å². The van der Waals surface area contributed by atoms with E-state index in [1.165, 1.54) is 7.11 Å². The summed E-state index contributed by atoms with van der Waals surface area (Å²) in [7, 11) is 2.98. The lowest BCUT2D eigenvalue weighted by molar-refractivity contribution is 0.0600. The molecule has 31 heavy (non-hydrogen) atoms. The van der Waals surface area contributed by atoms with Crippen LogP contribution in [0.1, 0.15) is 39.6 Å². The molecule has 1 aliphatic rings. The second-order valence-corrected chi connectivity index (χ2v) is 7.08. The van der Waals surface area contributed by atoms with Gasteiger partial charge in [-0.25, -0.2) is 4.79 Å². The highest BCUT2D eigenvalue weighted by Gasteiger charge is 2.27. The van der Waals surface area contributed by atoms with E-state index in [1.54, 1.807) is 19.2 Å². The number of ether oxygens (including phenoxy) is 3. The van der Waals surface area contributed by atoms with Crippen LogP contribution in [-0.2, 0) is 16.2 Å².